The van der Waals surface area contributed by atoms with Gasteiger partial charge in [0.05, 0.1) is 19.3 Å². The lowest BCUT2D eigenvalue weighted by atomic mass is 10.0. The van der Waals surface area contributed by atoms with Crippen LogP contribution in [0.4, 0.5) is 0 Å². The molecule has 0 radical (unpaired) electrons. The molecule has 0 amide bonds. The first kappa shape index (κ1) is 50.2. The molecule has 0 aromatic heterocycles. The van der Waals surface area contributed by atoms with Crippen LogP contribution in [-0.4, -0.2) is 47.9 Å². The summed E-state index contributed by atoms with van der Waals surface area (Å²) in [5.74, 6) is -0.501. The molecular weight excluding hydrogens is 673 g/mol. The molecule has 3 atom stereocenters. The molecular formula is C43H78NO7P. The Hall–Kier alpha value is -1.80. The molecule has 0 spiro atoms. The number of carbonyl (C=O) groups excluding carboxylic acids is 1. The fourth-order valence-corrected chi connectivity index (χ4v) is 6.45. The highest BCUT2D eigenvalue weighted by molar-refractivity contribution is 7.47. The number of phosphoric acid groups is 1. The van der Waals surface area contributed by atoms with E-state index in [0.717, 1.165) is 44.9 Å². The molecule has 2 unspecified atom stereocenters. The van der Waals surface area contributed by atoms with E-state index >= 15 is 0 Å². The molecule has 52 heavy (non-hydrogen) atoms. The van der Waals surface area contributed by atoms with Gasteiger partial charge in [0.15, 0.2) is 0 Å². The second-order valence-electron chi connectivity index (χ2n) is 13.7. The van der Waals surface area contributed by atoms with E-state index in [2.05, 4.69) is 56.4 Å². The molecule has 302 valence electrons. The van der Waals surface area contributed by atoms with Crippen molar-refractivity contribution in [1.82, 2.24) is 0 Å². The summed E-state index contributed by atoms with van der Waals surface area (Å²) in [6.07, 6.45) is 47.4. The van der Waals surface area contributed by atoms with Crippen molar-refractivity contribution in [3.63, 3.8) is 0 Å². The molecule has 0 bridgehead atoms. The number of unbranched alkanes of at least 4 members (excludes halogenated alkanes) is 18. The molecule has 0 aromatic rings. The average molecular weight is 752 g/mol. The maximum atomic E-state index is 12.5. The first-order valence-corrected chi connectivity index (χ1v) is 22.3. The van der Waals surface area contributed by atoms with Crippen molar-refractivity contribution in [3.8, 4) is 0 Å². The van der Waals surface area contributed by atoms with Crippen LogP contribution in [0.15, 0.2) is 60.8 Å². The number of hydrogen-bond donors (Lipinski definition) is 3. The smallest absolute Gasteiger partial charge is 0.457 e. The second-order valence-corrected chi connectivity index (χ2v) is 15.1. The van der Waals surface area contributed by atoms with Gasteiger partial charge in [-0.25, -0.2) is 4.57 Å². The Morgan fingerprint density at radius 3 is 1.56 bits per heavy atom. The van der Waals surface area contributed by atoms with Crippen LogP contribution >= 0.6 is 7.82 Å². The summed E-state index contributed by atoms with van der Waals surface area (Å²) in [6.45, 7) is 3.49. The van der Waals surface area contributed by atoms with Gasteiger partial charge in [-0.3, -0.25) is 13.8 Å². The van der Waals surface area contributed by atoms with Gasteiger partial charge < -0.3 is 20.5 Å². The molecule has 0 aliphatic rings. The lowest BCUT2D eigenvalue weighted by Gasteiger charge is -2.20. The van der Waals surface area contributed by atoms with Gasteiger partial charge in [0.2, 0.25) is 0 Å². The Morgan fingerprint density at radius 2 is 1.06 bits per heavy atom. The van der Waals surface area contributed by atoms with E-state index in [4.69, 9.17) is 19.5 Å². The fraction of sp³-hybridized carbons (Fsp3) is 0.744. The monoisotopic (exact) mass is 752 g/mol. The van der Waals surface area contributed by atoms with Crippen molar-refractivity contribution in [1.29, 1.82) is 0 Å². The van der Waals surface area contributed by atoms with Crippen molar-refractivity contribution in [2.45, 2.75) is 187 Å². The summed E-state index contributed by atoms with van der Waals surface area (Å²) >= 11 is 0. The third-order valence-electron chi connectivity index (χ3n) is 8.71. The molecule has 0 saturated heterocycles. The van der Waals surface area contributed by atoms with Crippen LogP contribution in [0, 0.1) is 0 Å². The number of phosphoric ester groups is 1. The van der Waals surface area contributed by atoms with E-state index in [1.54, 1.807) is 6.08 Å². The van der Waals surface area contributed by atoms with E-state index in [1.807, 2.05) is 12.2 Å². The minimum Gasteiger partial charge on any atom is -0.457 e. The highest BCUT2D eigenvalue weighted by atomic mass is 31.2. The fourth-order valence-electron chi connectivity index (χ4n) is 5.53. The Balaban J connectivity index is 4.01. The van der Waals surface area contributed by atoms with Crippen molar-refractivity contribution >= 4 is 13.8 Å². The molecule has 0 rings (SSSR count). The maximum absolute atomic E-state index is 12.5. The zero-order valence-corrected chi connectivity index (χ0v) is 34.1. The first-order chi connectivity index (χ1) is 25.4. The zero-order chi connectivity index (χ0) is 38.2. The van der Waals surface area contributed by atoms with Crippen LogP contribution in [0.5, 0.6) is 0 Å². The van der Waals surface area contributed by atoms with Crippen LogP contribution in [0.3, 0.4) is 0 Å². The van der Waals surface area contributed by atoms with Crippen molar-refractivity contribution < 1.29 is 33.1 Å². The Morgan fingerprint density at radius 1 is 0.635 bits per heavy atom. The third kappa shape index (κ3) is 36.6. The molecule has 0 aliphatic heterocycles. The summed E-state index contributed by atoms with van der Waals surface area (Å²) in [7, 11) is -4.48. The number of hydrogen-bond acceptors (Lipinski definition) is 7. The number of aliphatic hydroxyl groups excluding tert-OH is 1. The van der Waals surface area contributed by atoms with Gasteiger partial charge in [-0.05, 0) is 57.8 Å². The number of esters is 1. The SMILES string of the molecule is CCCCC/C=C\C/C=C\C/C=C\C/C=C\CCCC(=O)O[C@H](CO)COP(=O)(O)OC(/C=C\CCCCCCCCCCCCCCCC)CN. The number of ether oxygens (including phenoxy) is 1. The molecule has 0 saturated carbocycles. The number of carbonyl (C=O) groups is 1. The number of nitrogens with two attached hydrogens (primary N) is 1. The van der Waals surface area contributed by atoms with Crippen molar-refractivity contribution in [3.05, 3.63) is 60.8 Å². The number of aliphatic hydroxyl groups is 1. The van der Waals surface area contributed by atoms with Crippen molar-refractivity contribution in [2.75, 3.05) is 19.8 Å². The minimum atomic E-state index is -4.48. The topological polar surface area (TPSA) is 128 Å². The molecule has 0 heterocycles. The van der Waals surface area contributed by atoms with Gasteiger partial charge in [-0.15, -0.1) is 0 Å². The number of allylic oxidation sites excluding steroid dienone is 9. The quantitative estimate of drug-likeness (QED) is 0.0246. The van der Waals surface area contributed by atoms with E-state index < -0.39 is 39.2 Å². The Kier molecular flexibility index (Phi) is 37.6. The van der Waals surface area contributed by atoms with Gasteiger partial charge in [0, 0.05) is 13.0 Å². The van der Waals surface area contributed by atoms with Crippen LogP contribution in [0.25, 0.3) is 0 Å². The molecule has 0 aromatic carbocycles. The highest BCUT2D eigenvalue weighted by Gasteiger charge is 2.27. The van der Waals surface area contributed by atoms with Gasteiger partial charge in [0.1, 0.15) is 6.10 Å². The second kappa shape index (κ2) is 38.9. The standard InChI is InChI=1S/C43H78NO7P/c1-3-5-7-9-11-13-15-17-19-21-23-25-27-29-31-33-35-37-43(46)50-42(39-45)40-49-52(47,48)51-41(38-44)36-34-32-30-28-26-24-22-20-18-16-14-12-10-8-6-4-2/h11,13,17,19,23,25,29,31,34,36,41-42,45H,3-10,12,14-16,18,20-22,24,26-28,30,32-33,35,37-40,44H2,1-2H3,(H,47,48)/b13-11-,19-17-,25-23-,31-29-,36-34-/t41?,42-/m1/s1. The summed E-state index contributed by atoms with van der Waals surface area (Å²) in [5, 5.41) is 9.60. The largest absolute Gasteiger partial charge is 0.472 e. The van der Waals surface area contributed by atoms with Gasteiger partial charge >= 0.3 is 13.8 Å². The van der Waals surface area contributed by atoms with E-state index in [9.17, 15) is 19.4 Å². The predicted molar refractivity (Wildman–Crippen MR) is 219 cm³/mol. The zero-order valence-electron chi connectivity index (χ0n) is 33.2. The van der Waals surface area contributed by atoms with Crippen molar-refractivity contribution in [2.24, 2.45) is 5.73 Å². The normalized spacial score (nSPS) is 14.8. The highest BCUT2D eigenvalue weighted by Crippen LogP contribution is 2.44. The lowest BCUT2D eigenvalue weighted by molar-refractivity contribution is -0.153. The third-order valence-corrected chi connectivity index (χ3v) is 9.72. The Bertz CT molecular complexity index is 994. The minimum absolute atomic E-state index is 0.0149. The molecule has 0 fully saturated rings. The lowest BCUT2D eigenvalue weighted by Crippen LogP contribution is -2.27. The van der Waals surface area contributed by atoms with Crippen LogP contribution < -0.4 is 5.73 Å². The summed E-state index contributed by atoms with van der Waals surface area (Å²) in [6, 6.07) is 0. The van der Waals surface area contributed by atoms with Crippen LogP contribution in [0.1, 0.15) is 174 Å². The van der Waals surface area contributed by atoms with Gasteiger partial charge in [0.25, 0.3) is 0 Å². The summed E-state index contributed by atoms with van der Waals surface area (Å²) in [5.41, 5.74) is 5.74. The van der Waals surface area contributed by atoms with E-state index in [1.165, 1.54) is 103 Å². The van der Waals surface area contributed by atoms with Crippen LogP contribution in [-0.2, 0) is 23.1 Å². The average Bonchev–Trinajstić information content (AvgIpc) is 3.13. The predicted octanol–water partition coefficient (Wildman–Crippen LogP) is 11.9. The van der Waals surface area contributed by atoms with Gasteiger partial charge in [-0.1, -0.05) is 171 Å². The molecule has 4 N–H and O–H groups in total. The molecule has 0 aliphatic carbocycles. The number of rotatable bonds is 38. The molecule has 8 nitrogen and oxygen atoms in total. The first-order valence-electron chi connectivity index (χ1n) is 20.8. The Labute approximate surface area is 319 Å². The summed E-state index contributed by atoms with van der Waals surface area (Å²) in [4.78, 5) is 22.4. The maximum Gasteiger partial charge on any atom is 0.472 e. The summed E-state index contributed by atoms with van der Waals surface area (Å²) < 4.78 is 28.0. The molecule has 9 heteroatoms. The van der Waals surface area contributed by atoms with Crippen LogP contribution in [0.2, 0.25) is 0 Å². The van der Waals surface area contributed by atoms with E-state index in [-0.39, 0.29) is 13.0 Å². The van der Waals surface area contributed by atoms with E-state index in [0.29, 0.717) is 6.42 Å². The van der Waals surface area contributed by atoms with Gasteiger partial charge in [-0.2, -0.15) is 0 Å².